The third-order valence-corrected chi connectivity index (χ3v) is 2.55. The summed E-state index contributed by atoms with van der Waals surface area (Å²) in [7, 11) is 1.18. The highest BCUT2D eigenvalue weighted by Gasteiger charge is 2.37. The lowest BCUT2D eigenvalue weighted by Crippen LogP contribution is -2.15. The summed E-state index contributed by atoms with van der Waals surface area (Å²) < 4.78 is 64.0. The lowest BCUT2D eigenvalue weighted by molar-refractivity contribution is -0.144. The molecule has 5 nitrogen and oxygen atoms in total. The molecular formula is C10H10F5N5. The van der Waals surface area contributed by atoms with Crippen molar-refractivity contribution in [2.45, 2.75) is 19.3 Å². The fourth-order valence-electron chi connectivity index (χ4n) is 1.70. The van der Waals surface area contributed by atoms with Gasteiger partial charge in [-0.1, -0.05) is 0 Å². The van der Waals surface area contributed by atoms with E-state index in [0.717, 1.165) is 17.1 Å². The molecule has 10 heteroatoms. The summed E-state index contributed by atoms with van der Waals surface area (Å²) in [6.45, 7) is -3.02. The van der Waals surface area contributed by atoms with Crippen LogP contribution in [0.1, 0.15) is 17.8 Å². The Kier molecular flexibility index (Phi) is 3.64. The molecule has 0 atom stereocenters. The van der Waals surface area contributed by atoms with E-state index < -0.39 is 18.4 Å². The highest BCUT2D eigenvalue weighted by molar-refractivity contribution is 5.35. The number of rotatable bonds is 4. The predicted molar refractivity (Wildman–Crippen MR) is 59.0 cm³/mol. The Morgan fingerprint density at radius 1 is 1.35 bits per heavy atom. The monoisotopic (exact) mass is 295 g/mol. The van der Waals surface area contributed by atoms with Gasteiger partial charge in [-0.05, 0) is 0 Å². The van der Waals surface area contributed by atoms with Crippen molar-refractivity contribution in [3.63, 3.8) is 0 Å². The van der Waals surface area contributed by atoms with E-state index in [4.69, 9.17) is 0 Å². The van der Waals surface area contributed by atoms with Crippen LogP contribution in [0.5, 0.6) is 0 Å². The van der Waals surface area contributed by atoms with Crippen LogP contribution in [0, 0.1) is 0 Å². The van der Waals surface area contributed by atoms with Crippen molar-refractivity contribution in [1.82, 2.24) is 19.6 Å². The third-order valence-electron chi connectivity index (χ3n) is 2.55. The Morgan fingerprint density at radius 2 is 2.05 bits per heavy atom. The smallest absolute Gasteiger partial charge is 0.364 e. The summed E-state index contributed by atoms with van der Waals surface area (Å²) in [5.74, 6) is 0.0577. The molecule has 2 aromatic rings. The number of hydrogen-bond acceptors (Lipinski definition) is 3. The summed E-state index contributed by atoms with van der Waals surface area (Å²) in [6.07, 6.45) is -2.44. The first kappa shape index (κ1) is 14.3. The fraction of sp³-hybridized carbons (Fsp3) is 0.400. The van der Waals surface area contributed by atoms with Crippen LogP contribution in [0.4, 0.5) is 27.8 Å². The number of anilines is 1. The molecule has 0 saturated carbocycles. The molecule has 0 aromatic carbocycles. The minimum Gasteiger partial charge on any atom is -0.364 e. The molecule has 2 rings (SSSR count). The average Bonchev–Trinajstić information content (AvgIpc) is 2.91. The Labute approximate surface area is 110 Å². The zero-order chi connectivity index (χ0) is 14.9. The molecule has 0 fully saturated rings. The number of halogens is 5. The summed E-state index contributed by atoms with van der Waals surface area (Å²) in [4.78, 5) is 0. The molecule has 0 amide bonds. The van der Waals surface area contributed by atoms with E-state index in [1.165, 1.54) is 13.1 Å². The fourth-order valence-corrected chi connectivity index (χ4v) is 1.70. The molecule has 2 aromatic heterocycles. The van der Waals surface area contributed by atoms with Crippen molar-refractivity contribution >= 4 is 5.82 Å². The first-order chi connectivity index (χ1) is 9.29. The second-order valence-corrected chi connectivity index (χ2v) is 3.95. The van der Waals surface area contributed by atoms with Crippen LogP contribution in [0.2, 0.25) is 0 Å². The lowest BCUT2D eigenvalue weighted by atomic mass is 10.2. The van der Waals surface area contributed by atoms with Gasteiger partial charge in [0.25, 0.3) is 0 Å². The highest BCUT2D eigenvalue weighted by Crippen LogP contribution is 2.31. The summed E-state index contributed by atoms with van der Waals surface area (Å²) >= 11 is 0. The zero-order valence-corrected chi connectivity index (χ0v) is 10.2. The molecule has 20 heavy (non-hydrogen) atoms. The van der Waals surface area contributed by atoms with Gasteiger partial charge in [0.1, 0.15) is 11.5 Å². The van der Waals surface area contributed by atoms with Gasteiger partial charge >= 0.3 is 12.7 Å². The molecule has 0 aliphatic heterocycles. The maximum Gasteiger partial charge on any atom is 0.433 e. The lowest BCUT2D eigenvalue weighted by Gasteiger charge is -2.10. The Balaban J connectivity index is 2.11. The predicted octanol–water partition coefficient (Wildman–Crippen LogP) is 2.64. The number of aromatic nitrogens is 4. The van der Waals surface area contributed by atoms with E-state index in [2.05, 4.69) is 15.5 Å². The minimum absolute atomic E-state index is 0.0577. The standard InChI is InChI=1S/C10H10F5N5/c1-19-8(10(13,14)15)6(5-17-19)4-16-7-2-3-20(18-7)9(11)12/h2-3,5,9H,4H2,1H3,(H,16,18). The molecule has 2 heterocycles. The number of hydrogen-bond donors (Lipinski definition) is 1. The molecule has 0 bridgehead atoms. The molecule has 0 unspecified atom stereocenters. The number of nitrogens with one attached hydrogen (secondary N) is 1. The van der Waals surface area contributed by atoms with Crippen LogP contribution >= 0.6 is 0 Å². The van der Waals surface area contributed by atoms with E-state index in [-0.39, 0.29) is 17.9 Å². The SMILES string of the molecule is Cn1ncc(CNc2ccn(C(F)F)n2)c1C(F)(F)F. The second-order valence-electron chi connectivity index (χ2n) is 3.95. The van der Waals surface area contributed by atoms with Gasteiger partial charge < -0.3 is 5.32 Å². The third kappa shape index (κ3) is 2.89. The normalized spacial score (nSPS) is 12.2. The first-order valence-electron chi connectivity index (χ1n) is 5.44. The van der Waals surface area contributed by atoms with Crippen LogP contribution in [-0.2, 0) is 19.8 Å². The molecule has 0 aliphatic carbocycles. The van der Waals surface area contributed by atoms with Gasteiger partial charge in [0, 0.05) is 31.4 Å². The van der Waals surface area contributed by atoms with Gasteiger partial charge in [-0.15, -0.1) is 0 Å². The zero-order valence-electron chi connectivity index (χ0n) is 10.2. The van der Waals surface area contributed by atoms with Crippen LogP contribution < -0.4 is 5.32 Å². The van der Waals surface area contributed by atoms with Crippen LogP contribution in [0.15, 0.2) is 18.5 Å². The van der Waals surface area contributed by atoms with Crippen molar-refractivity contribution < 1.29 is 22.0 Å². The van der Waals surface area contributed by atoms with Crippen LogP contribution in [0.25, 0.3) is 0 Å². The molecule has 1 N–H and O–H groups in total. The highest BCUT2D eigenvalue weighted by atomic mass is 19.4. The number of nitrogens with zero attached hydrogens (tertiary/aromatic N) is 4. The van der Waals surface area contributed by atoms with E-state index in [9.17, 15) is 22.0 Å². The van der Waals surface area contributed by atoms with Gasteiger partial charge in [-0.2, -0.15) is 32.1 Å². The topological polar surface area (TPSA) is 47.7 Å². The Hall–Kier alpha value is -2.13. The van der Waals surface area contributed by atoms with Gasteiger partial charge in [0.2, 0.25) is 0 Å². The quantitative estimate of drug-likeness (QED) is 0.882. The maximum absolute atomic E-state index is 12.8. The van der Waals surface area contributed by atoms with Crippen LogP contribution in [0.3, 0.4) is 0 Å². The van der Waals surface area contributed by atoms with Crippen molar-refractivity contribution in [3.8, 4) is 0 Å². The van der Waals surface area contributed by atoms with Crippen molar-refractivity contribution in [1.29, 1.82) is 0 Å². The summed E-state index contributed by atoms with van der Waals surface area (Å²) in [6, 6.07) is 1.25. The van der Waals surface area contributed by atoms with Gasteiger partial charge in [-0.3, -0.25) is 4.68 Å². The van der Waals surface area contributed by atoms with Crippen molar-refractivity contribution in [2.24, 2.45) is 7.05 Å². The molecule has 0 saturated heterocycles. The molecular weight excluding hydrogens is 285 g/mol. The number of alkyl halides is 5. The van der Waals surface area contributed by atoms with Gasteiger partial charge in [0.05, 0.1) is 6.20 Å². The average molecular weight is 295 g/mol. The van der Waals surface area contributed by atoms with Crippen molar-refractivity contribution in [2.75, 3.05) is 5.32 Å². The van der Waals surface area contributed by atoms with Crippen LogP contribution in [-0.4, -0.2) is 19.6 Å². The summed E-state index contributed by atoms with van der Waals surface area (Å²) in [5, 5.41) is 9.55. The Morgan fingerprint density at radius 3 is 2.60 bits per heavy atom. The minimum atomic E-state index is -4.54. The second kappa shape index (κ2) is 5.10. The molecule has 0 radical (unpaired) electrons. The maximum atomic E-state index is 12.8. The first-order valence-corrected chi connectivity index (χ1v) is 5.44. The van der Waals surface area contributed by atoms with Crippen molar-refractivity contribution in [3.05, 3.63) is 29.7 Å². The van der Waals surface area contributed by atoms with E-state index in [0.29, 0.717) is 4.68 Å². The number of aryl methyl sites for hydroxylation is 1. The molecule has 110 valence electrons. The van der Waals surface area contributed by atoms with E-state index in [1.54, 1.807) is 0 Å². The Bertz CT molecular complexity index is 585. The van der Waals surface area contributed by atoms with Gasteiger partial charge in [0.15, 0.2) is 0 Å². The molecule has 0 spiro atoms. The molecule has 0 aliphatic rings. The van der Waals surface area contributed by atoms with E-state index in [1.807, 2.05) is 0 Å². The van der Waals surface area contributed by atoms with E-state index >= 15 is 0 Å². The van der Waals surface area contributed by atoms with Gasteiger partial charge in [-0.25, -0.2) is 4.68 Å². The summed E-state index contributed by atoms with van der Waals surface area (Å²) in [5.41, 5.74) is -0.982. The largest absolute Gasteiger partial charge is 0.433 e.